The van der Waals surface area contributed by atoms with E-state index in [0.29, 0.717) is 12.0 Å². The van der Waals surface area contributed by atoms with E-state index in [1.807, 2.05) is 13.0 Å². The van der Waals surface area contributed by atoms with Crippen LogP contribution in [0, 0.1) is 5.41 Å². The summed E-state index contributed by atoms with van der Waals surface area (Å²) in [4.78, 5) is 37.8. The minimum absolute atomic E-state index is 0.00568. The van der Waals surface area contributed by atoms with Gasteiger partial charge in [-0.3, -0.25) is 4.79 Å². The van der Waals surface area contributed by atoms with Gasteiger partial charge in [0.25, 0.3) is 0 Å². The van der Waals surface area contributed by atoms with Crippen LogP contribution in [0.4, 0.5) is 0 Å². The van der Waals surface area contributed by atoms with Crippen molar-refractivity contribution in [3.05, 3.63) is 48.1 Å². The fourth-order valence-electron chi connectivity index (χ4n) is 4.74. The van der Waals surface area contributed by atoms with Gasteiger partial charge in [-0.2, -0.15) is 0 Å². The monoisotopic (exact) mass is 608 g/mol. The van der Waals surface area contributed by atoms with Crippen molar-refractivity contribution in [2.24, 2.45) is 5.41 Å². The third kappa shape index (κ3) is 11.6. The quantitative estimate of drug-likeness (QED) is 0.134. The molecule has 11 nitrogen and oxygen atoms in total. The number of rotatable bonds is 6. The number of fused-ring (bicyclic) bond motifs is 2. The highest BCUT2D eigenvalue weighted by molar-refractivity contribution is 5.83. The summed E-state index contributed by atoms with van der Waals surface area (Å²) in [6, 6.07) is 0. The molecule has 0 aromatic carbocycles. The molecule has 2 rings (SSSR count). The molecule has 0 aromatic rings. The van der Waals surface area contributed by atoms with Crippen LogP contribution in [0.3, 0.4) is 0 Å². The largest absolute Gasteiger partial charge is 0.462 e. The summed E-state index contributed by atoms with van der Waals surface area (Å²) in [5, 5.41) is 32.3. The Hall–Kier alpha value is -2.83. The fraction of sp³-hybridized carbons (Fsp3) is 0.656. The highest BCUT2D eigenvalue weighted by Gasteiger charge is 2.57. The molecule has 0 amide bonds. The van der Waals surface area contributed by atoms with Crippen molar-refractivity contribution in [3.8, 4) is 0 Å². The maximum atomic E-state index is 12.8. The highest BCUT2D eigenvalue weighted by atomic mass is 16.7. The first-order valence-corrected chi connectivity index (χ1v) is 15.0. The number of aliphatic hydroxyl groups is 3. The molecule has 242 valence electrons. The third-order valence-corrected chi connectivity index (χ3v) is 7.30. The van der Waals surface area contributed by atoms with Crippen molar-refractivity contribution in [2.45, 2.75) is 103 Å². The number of cyclic esters (lactones) is 2. The zero-order valence-electron chi connectivity index (χ0n) is 25.7. The minimum atomic E-state index is -2.18. The molecule has 2 aliphatic heterocycles. The van der Waals surface area contributed by atoms with E-state index in [0.717, 1.165) is 12.8 Å². The lowest BCUT2D eigenvalue weighted by Crippen LogP contribution is -2.62. The second-order valence-electron chi connectivity index (χ2n) is 11.3. The van der Waals surface area contributed by atoms with Gasteiger partial charge in [0.2, 0.25) is 5.79 Å². The molecule has 1 fully saturated rings. The molecule has 0 aromatic heterocycles. The Labute approximate surface area is 254 Å². The van der Waals surface area contributed by atoms with Gasteiger partial charge in [0.05, 0.1) is 31.8 Å². The van der Waals surface area contributed by atoms with Gasteiger partial charge in [-0.15, -0.1) is 0 Å². The number of allylic oxidation sites excluding steroid dienone is 4. The number of aliphatic hydroxyl groups excluding tert-OH is 2. The molecule has 0 aliphatic carbocycles. The van der Waals surface area contributed by atoms with Gasteiger partial charge in [-0.05, 0) is 31.8 Å². The van der Waals surface area contributed by atoms with Gasteiger partial charge in [0.1, 0.15) is 6.10 Å². The van der Waals surface area contributed by atoms with E-state index in [1.54, 1.807) is 39.0 Å². The molecule has 0 radical (unpaired) electrons. The summed E-state index contributed by atoms with van der Waals surface area (Å²) in [5.74, 6) is -4.21. The third-order valence-electron chi connectivity index (χ3n) is 7.30. The summed E-state index contributed by atoms with van der Waals surface area (Å²) < 4.78 is 28.1. The van der Waals surface area contributed by atoms with Crippen LogP contribution < -0.4 is 0 Å². The van der Waals surface area contributed by atoms with E-state index < -0.39 is 60.1 Å². The molecule has 2 heterocycles. The molecule has 0 saturated carbocycles. The smallest absolute Gasteiger partial charge is 0.331 e. The molecule has 43 heavy (non-hydrogen) atoms. The van der Waals surface area contributed by atoms with Crippen LogP contribution in [-0.4, -0.2) is 89.9 Å². The Morgan fingerprint density at radius 2 is 1.93 bits per heavy atom. The predicted octanol–water partition coefficient (Wildman–Crippen LogP) is 3.22. The number of unbranched alkanes of at least 4 members (excludes halogenated alkanes) is 1. The van der Waals surface area contributed by atoms with Crippen molar-refractivity contribution >= 4 is 17.9 Å². The first kappa shape index (κ1) is 36.4. The Bertz CT molecular complexity index is 1030. The van der Waals surface area contributed by atoms with Crippen LogP contribution in [-0.2, 0) is 38.1 Å². The maximum Gasteiger partial charge on any atom is 0.331 e. The standard InChI is InChI=1S/C32H48O11/c1-5-7-8-9-10-12-28(36)42-30-23(6-2)19-25-21-26(22-33)41-29(37)20-24(34)14-18-39-16-11-17-40-27(35)13-15-31(3,4)32(30,38)43-25/h6,8-10,12-13,15,24-26,30,33-34,38H,5,7,11,14,16-22H2,1-4H3/b9-8+,12-10+,15-13+,23-6+/t24-,25+,26-,30+,32-/m1/s1. The van der Waals surface area contributed by atoms with Crippen molar-refractivity contribution in [2.75, 3.05) is 26.4 Å². The summed E-state index contributed by atoms with van der Waals surface area (Å²) in [7, 11) is 0. The Balaban J connectivity index is 2.42. The van der Waals surface area contributed by atoms with Crippen LogP contribution >= 0.6 is 0 Å². The van der Waals surface area contributed by atoms with Gasteiger partial charge in [-0.1, -0.05) is 57.6 Å². The number of hydrogen-bond acceptors (Lipinski definition) is 11. The molecule has 0 spiro atoms. The fourth-order valence-corrected chi connectivity index (χ4v) is 4.74. The van der Waals surface area contributed by atoms with E-state index >= 15 is 0 Å². The number of hydrogen-bond donors (Lipinski definition) is 3. The molecule has 2 bridgehead atoms. The lowest BCUT2D eigenvalue weighted by Gasteiger charge is -2.50. The summed E-state index contributed by atoms with van der Waals surface area (Å²) in [6.45, 7) is 7.09. The number of carbonyl (C=O) groups excluding carboxylic acids is 3. The van der Waals surface area contributed by atoms with E-state index in [2.05, 4.69) is 0 Å². The van der Waals surface area contributed by atoms with Crippen LogP contribution in [0.5, 0.6) is 0 Å². The van der Waals surface area contributed by atoms with Crippen LogP contribution in [0.25, 0.3) is 0 Å². The molecule has 2 aliphatic rings. The minimum Gasteiger partial charge on any atom is -0.462 e. The first-order valence-electron chi connectivity index (χ1n) is 15.0. The molecule has 11 heteroatoms. The molecular weight excluding hydrogens is 560 g/mol. The lowest BCUT2D eigenvalue weighted by atomic mass is 9.74. The first-order chi connectivity index (χ1) is 20.5. The topological polar surface area (TPSA) is 158 Å². The van der Waals surface area contributed by atoms with Gasteiger partial charge < -0.3 is 39.0 Å². The van der Waals surface area contributed by atoms with Crippen molar-refractivity contribution in [3.63, 3.8) is 0 Å². The Kier molecular flexibility index (Phi) is 15.3. The van der Waals surface area contributed by atoms with E-state index in [9.17, 15) is 29.7 Å². The Morgan fingerprint density at radius 3 is 2.63 bits per heavy atom. The van der Waals surface area contributed by atoms with Gasteiger partial charge in [-0.25, -0.2) is 9.59 Å². The molecule has 0 unspecified atom stereocenters. The van der Waals surface area contributed by atoms with E-state index in [1.165, 1.54) is 18.2 Å². The summed E-state index contributed by atoms with van der Waals surface area (Å²) in [5.41, 5.74) is -0.764. The molecular formula is C32H48O11. The van der Waals surface area contributed by atoms with E-state index in [-0.39, 0.29) is 45.5 Å². The lowest BCUT2D eigenvalue weighted by molar-refractivity contribution is -0.326. The van der Waals surface area contributed by atoms with Gasteiger partial charge in [0.15, 0.2) is 6.10 Å². The zero-order valence-corrected chi connectivity index (χ0v) is 25.7. The predicted molar refractivity (Wildman–Crippen MR) is 157 cm³/mol. The average molecular weight is 609 g/mol. The van der Waals surface area contributed by atoms with Gasteiger partial charge >= 0.3 is 17.9 Å². The molecule has 3 N–H and O–H groups in total. The van der Waals surface area contributed by atoms with Gasteiger partial charge in [0, 0.05) is 43.6 Å². The number of esters is 3. The second kappa shape index (κ2) is 18.1. The zero-order chi connectivity index (χ0) is 31.9. The average Bonchev–Trinajstić information content (AvgIpc) is 2.95. The van der Waals surface area contributed by atoms with Crippen LogP contribution in [0.1, 0.15) is 72.6 Å². The maximum absolute atomic E-state index is 12.8. The summed E-state index contributed by atoms with van der Waals surface area (Å²) >= 11 is 0. The highest BCUT2D eigenvalue weighted by Crippen LogP contribution is 2.46. The SMILES string of the molecule is C/C=C1\C[C@H]2C[C@H](CO)OC(=O)C[C@H](O)CCOCCCOC(=O)/C=C/C(C)(C)[C@](O)(O2)[C@H]1OC(=O)/C=C/C=C/CCC. The van der Waals surface area contributed by atoms with E-state index in [4.69, 9.17) is 23.7 Å². The number of ether oxygens (including phenoxy) is 5. The van der Waals surface area contributed by atoms with Crippen LogP contribution in [0.15, 0.2) is 48.1 Å². The van der Waals surface area contributed by atoms with Crippen molar-refractivity contribution in [1.29, 1.82) is 0 Å². The normalized spacial score (nSPS) is 31.8. The Morgan fingerprint density at radius 1 is 1.16 bits per heavy atom. The summed E-state index contributed by atoms with van der Waals surface area (Å²) in [6.07, 6.45) is 9.16. The molecule has 5 atom stereocenters. The number of carbonyl (C=O) groups is 3. The van der Waals surface area contributed by atoms with Crippen molar-refractivity contribution < 1.29 is 53.4 Å². The molecule has 1 saturated heterocycles. The second-order valence-corrected chi connectivity index (χ2v) is 11.3. The van der Waals surface area contributed by atoms with Crippen molar-refractivity contribution in [1.82, 2.24) is 0 Å². The van der Waals surface area contributed by atoms with Crippen LogP contribution in [0.2, 0.25) is 0 Å².